The van der Waals surface area contributed by atoms with E-state index >= 15 is 0 Å². The van der Waals surface area contributed by atoms with Crippen molar-refractivity contribution in [2.24, 2.45) is 5.92 Å². The van der Waals surface area contributed by atoms with E-state index in [0.29, 0.717) is 0 Å². The van der Waals surface area contributed by atoms with E-state index in [0.717, 1.165) is 44.7 Å². The molecule has 2 fully saturated rings. The molecule has 4 nitrogen and oxygen atoms in total. The number of anilines is 2. The van der Waals surface area contributed by atoms with Crippen molar-refractivity contribution in [1.29, 1.82) is 0 Å². The molecule has 2 aliphatic heterocycles. The van der Waals surface area contributed by atoms with Crippen molar-refractivity contribution in [3.63, 3.8) is 0 Å². The van der Waals surface area contributed by atoms with Crippen LogP contribution in [0.5, 0.6) is 0 Å². The van der Waals surface area contributed by atoms with Crippen molar-refractivity contribution in [2.75, 3.05) is 43.4 Å². The summed E-state index contributed by atoms with van der Waals surface area (Å²) in [5.41, 5.74) is 2.18. The molecule has 0 radical (unpaired) electrons. The molecule has 2 aliphatic rings. The molecule has 0 spiro atoms. The predicted molar refractivity (Wildman–Crippen MR) is 86.7 cm³/mol. The van der Waals surface area contributed by atoms with E-state index in [-0.39, 0.29) is 11.8 Å². The van der Waals surface area contributed by atoms with Crippen LogP contribution in [0.1, 0.15) is 25.7 Å². The van der Waals surface area contributed by atoms with E-state index < -0.39 is 0 Å². The summed E-state index contributed by atoms with van der Waals surface area (Å²) in [6.45, 7) is 4.28. The number of rotatable bonds is 3. The highest BCUT2D eigenvalue weighted by atomic mass is 16.1. The normalized spacial score (nSPS) is 23.3. The van der Waals surface area contributed by atoms with Gasteiger partial charge in [0.15, 0.2) is 0 Å². The third-order valence-electron chi connectivity index (χ3n) is 4.60. The Hall–Kier alpha value is -1.55. The van der Waals surface area contributed by atoms with E-state index in [9.17, 15) is 4.79 Å². The van der Waals surface area contributed by atoms with Gasteiger partial charge in [-0.1, -0.05) is 0 Å². The van der Waals surface area contributed by atoms with Gasteiger partial charge in [0.25, 0.3) is 0 Å². The summed E-state index contributed by atoms with van der Waals surface area (Å²) >= 11 is 0. The SMILES string of the molecule is CN1CCCC(C(=O)Nc2ccc(N3CCCC3)cc2)C1. The van der Waals surface area contributed by atoms with Crippen LogP contribution in [0.3, 0.4) is 0 Å². The minimum atomic E-state index is 0.127. The highest BCUT2D eigenvalue weighted by Crippen LogP contribution is 2.23. The van der Waals surface area contributed by atoms with Gasteiger partial charge in [0.2, 0.25) is 5.91 Å². The largest absolute Gasteiger partial charge is 0.372 e. The molecule has 4 heteroatoms. The lowest BCUT2D eigenvalue weighted by atomic mass is 9.97. The third-order valence-corrected chi connectivity index (χ3v) is 4.60. The fourth-order valence-electron chi connectivity index (χ4n) is 3.36. The molecule has 0 bridgehead atoms. The van der Waals surface area contributed by atoms with Crippen LogP contribution in [-0.2, 0) is 4.79 Å². The Kier molecular flexibility index (Phi) is 4.44. The number of amides is 1. The fourth-order valence-corrected chi connectivity index (χ4v) is 3.36. The molecule has 1 unspecified atom stereocenters. The summed E-state index contributed by atoms with van der Waals surface area (Å²) in [7, 11) is 2.09. The van der Waals surface area contributed by atoms with E-state index in [1.54, 1.807) is 0 Å². The number of carbonyl (C=O) groups is 1. The zero-order valence-electron chi connectivity index (χ0n) is 12.8. The molecule has 1 aromatic carbocycles. The van der Waals surface area contributed by atoms with Gasteiger partial charge in [-0.05, 0) is 63.5 Å². The zero-order chi connectivity index (χ0) is 14.7. The van der Waals surface area contributed by atoms with Crippen LogP contribution in [-0.4, -0.2) is 44.0 Å². The Morgan fingerprint density at radius 2 is 1.81 bits per heavy atom. The monoisotopic (exact) mass is 287 g/mol. The molecule has 114 valence electrons. The molecule has 0 saturated carbocycles. The second-order valence-corrected chi connectivity index (χ2v) is 6.33. The lowest BCUT2D eigenvalue weighted by molar-refractivity contribution is -0.121. The van der Waals surface area contributed by atoms with Crippen LogP contribution >= 0.6 is 0 Å². The highest BCUT2D eigenvalue weighted by molar-refractivity contribution is 5.92. The van der Waals surface area contributed by atoms with Gasteiger partial charge in [-0.15, -0.1) is 0 Å². The first kappa shape index (κ1) is 14.4. The summed E-state index contributed by atoms with van der Waals surface area (Å²) in [5.74, 6) is 0.289. The number of hydrogen-bond donors (Lipinski definition) is 1. The molecule has 1 aromatic rings. The summed E-state index contributed by atoms with van der Waals surface area (Å²) < 4.78 is 0. The van der Waals surface area contributed by atoms with Crippen molar-refractivity contribution in [3.8, 4) is 0 Å². The number of likely N-dealkylation sites (tertiary alicyclic amines) is 1. The number of hydrogen-bond acceptors (Lipinski definition) is 3. The van der Waals surface area contributed by atoms with Crippen LogP contribution in [0.25, 0.3) is 0 Å². The Balaban J connectivity index is 1.58. The third kappa shape index (κ3) is 3.56. The van der Waals surface area contributed by atoms with Crippen molar-refractivity contribution in [3.05, 3.63) is 24.3 Å². The van der Waals surface area contributed by atoms with Crippen molar-refractivity contribution in [2.45, 2.75) is 25.7 Å². The molecular formula is C17H25N3O. The summed E-state index contributed by atoms with van der Waals surface area (Å²) in [4.78, 5) is 17.0. The Bertz CT molecular complexity index is 479. The van der Waals surface area contributed by atoms with Gasteiger partial charge in [0.05, 0.1) is 5.92 Å². The number of carbonyl (C=O) groups excluding carboxylic acids is 1. The highest BCUT2D eigenvalue weighted by Gasteiger charge is 2.23. The minimum Gasteiger partial charge on any atom is -0.372 e. The first-order valence-electron chi connectivity index (χ1n) is 8.07. The minimum absolute atomic E-state index is 0.127. The topological polar surface area (TPSA) is 35.6 Å². The molecule has 2 heterocycles. The van der Waals surface area contributed by atoms with Crippen molar-refractivity contribution < 1.29 is 4.79 Å². The van der Waals surface area contributed by atoms with Crippen LogP contribution in [0, 0.1) is 5.92 Å². The average Bonchev–Trinajstić information content (AvgIpc) is 3.02. The number of benzene rings is 1. The standard InChI is InChI=1S/C17H25N3O/c1-19-10-4-5-14(13-19)17(21)18-15-6-8-16(9-7-15)20-11-2-3-12-20/h6-9,14H,2-5,10-13H2,1H3,(H,18,21). The van der Waals surface area contributed by atoms with Gasteiger partial charge in [0.1, 0.15) is 0 Å². The molecule has 3 rings (SSSR count). The molecule has 0 aromatic heterocycles. The van der Waals surface area contributed by atoms with E-state index in [4.69, 9.17) is 0 Å². The molecular weight excluding hydrogens is 262 g/mol. The molecule has 1 atom stereocenters. The summed E-state index contributed by atoms with van der Waals surface area (Å²) in [6, 6.07) is 8.29. The van der Waals surface area contributed by atoms with E-state index in [1.807, 2.05) is 12.1 Å². The Morgan fingerprint density at radius 1 is 1.10 bits per heavy atom. The number of nitrogens with one attached hydrogen (secondary N) is 1. The molecule has 2 saturated heterocycles. The number of nitrogens with zero attached hydrogens (tertiary/aromatic N) is 2. The first-order valence-corrected chi connectivity index (χ1v) is 8.07. The summed E-state index contributed by atoms with van der Waals surface area (Å²) in [5, 5.41) is 3.07. The maximum atomic E-state index is 12.3. The molecule has 21 heavy (non-hydrogen) atoms. The Labute approximate surface area is 127 Å². The van der Waals surface area contributed by atoms with Crippen LogP contribution < -0.4 is 10.2 Å². The van der Waals surface area contributed by atoms with Gasteiger partial charge in [-0.25, -0.2) is 0 Å². The molecule has 1 amide bonds. The van der Waals surface area contributed by atoms with Gasteiger partial charge < -0.3 is 15.1 Å². The Morgan fingerprint density at radius 3 is 2.48 bits per heavy atom. The maximum absolute atomic E-state index is 12.3. The van der Waals surface area contributed by atoms with Gasteiger partial charge in [0, 0.05) is 31.0 Å². The first-order chi connectivity index (χ1) is 10.2. The maximum Gasteiger partial charge on any atom is 0.228 e. The number of piperidine rings is 1. The average molecular weight is 287 g/mol. The zero-order valence-corrected chi connectivity index (χ0v) is 12.8. The lowest BCUT2D eigenvalue weighted by Crippen LogP contribution is -2.38. The molecule has 0 aliphatic carbocycles. The van der Waals surface area contributed by atoms with Crippen LogP contribution in [0.4, 0.5) is 11.4 Å². The lowest BCUT2D eigenvalue weighted by Gasteiger charge is -2.28. The summed E-state index contributed by atoms with van der Waals surface area (Å²) in [6.07, 6.45) is 4.69. The van der Waals surface area contributed by atoms with Crippen molar-refractivity contribution >= 4 is 17.3 Å². The second-order valence-electron chi connectivity index (χ2n) is 6.33. The second kappa shape index (κ2) is 6.48. The predicted octanol–water partition coefficient (Wildman–Crippen LogP) is 2.57. The molecule has 1 N–H and O–H groups in total. The van der Waals surface area contributed by atoms with Crippen molar-refractivity contribution in [1.82, 2.24) is 4.90 Å². The van der Waals surface area contributed by atoms with Gasteiger partial charge in [-0.3, -0.25) is 4.79 Å². The van der Waals surface area contributed by atoms with Crippen LogP contribution in [0.15, 0.2) is 24.3 Å². The quantitative estimate of drug-likeness (QED) is 0.928. The smallest absolute Gasteiger partial charge is 0.228 e. The van der Waals surface area contributed by atoms with Gasteiger partial charge in [-0.2, -0.15) is 0 Å². The van der Waals surface area contributed by atoms with E-state index in [2.05, 4.69) is 34.3 Å². The van der Waals surface area contributed by atoms with E-state index in [1.165, 1.54) is 18.5 Å². The fraction of sp³-hybridized carbons (Fsp3) is 0.588. The van der Waals surface area contributed by atoms with Crippen LogP contribution in [0.2, 0.25) is 0 Å². The van der Waals surface area contributed by atoms with Gasteiger partial charge >= 0.3 is 0 Å².